The number of hydrogen-bond donors (Lipinski definition) is 1. The van der Waals surface area contributed by atoms with Crippen molar-refractivity contribution in [1.82, 2.24) is 10.3 Å². The second-order valence-corrected chi connectivity index (χ2v) is 6.72. The summed E-state index contributed by atoms with van der Waals surface area (Å²) in [6, 6.07) is 11.7. The highest BCUT2D eigenvalue weighted by atomic mass is 32.2. The molecule has 0 saturated heterocycles. The van der Waals surface area contributed by atoms with E-state index in [1.807, 2.05) is 44.2 Å². The summed E-state index contributed by atoms with van der Waals surface area (Å²) >= 11 is 1.51. The van der Waals surface area contributed by atoms with Crippen LogP contribution in [0.15, 0.2) is 51.5 Å². The first-order chi connectivity index (χ1) is 12.1. The van der Waals surface area contributed by atoms with Gasteiger partial charge in [0.1, 0.15) is 11.5 Å². The van der Waals surface area contributed by atoms with Crippen molar-refractivity contribution in [1.29, 1.82) is 0 Å². The number of nitrogens with one attached hydrogen (secondary N) is 1. The first-order valence-electron chi connectivity index (χ1n) is 8.02. The Bertz CT molecular complexity index is 823. The van der Waals surface area contributed by atoms with Crippen molar-refractivity contribution in [3.8, 4) is 11.5 Å². The Morgan fingerprint density at radius 2 is 2.00 bits per heavy atom. The summed E-state index contributed by atoms with van der Waals surface area (Å²) in [5.74, 6) is 3.13. The van der Waals surface area contributed by atoms with E-state index in [4.69, 9.17) is 8.83 Å². The molecule has 0 bridgehead atoms. The first-order valence-corrected chi connectivity index (χ1v) is 9.17. The van der Waals surface area contributed by atoms with E-state index in [0.29, 0.717) is 23.9 Å². The van der Waals surface area contributed by atoms with Crippen LogP contribution >= 0.6 is 11.8 Å². The summed E-state index contributed by atoms with van der Waals surface area (Å²) < 4.78 is 10.9. The van der Waals surface area contributed by atoms with Crippen molar-refractivity contribution in [3.63, 3.8) is 0 Å². The van der Waals surface area contributed by atoms with Crippen molar-refractivity contribution in [2.45, 2.75) is 26.1 Å². The van der Waals surface area contributed by atoms with Gasteiger partial charge in [0.25, 0.3) is 0 Å². The number of carbonyl (C=O) groups is 1. The van der Waals surface area contributed by atoms with Crippen LogP contribution in [0.2, 0.25) is 0 Å². The summed E-state index contributed by atoms with van der Waals surface area (Å²) in [6.07, 6.45) is 1.59. The van der Waals surface area contributed by atoms with E-state index in [1.165, 1.54) is 17.3 Å². The minimum atomic E-state index is -0.0266. The normalized spacial score (nSPS) is 10.8. The summed E-state index contributed by atoms with van der Waals surface area (Å²) in [5.41, 5.74) is 3.03. The fourth-order valence-corrected chi connectivity index (χ4v) is 3.12. The zero-order chi connectivity index (χ0) is 17.6. The van der Waals surface area contributed by atoms with Crippen LogP contribution in [-0.2, 0) is 17.1 Å². The third kappa shape index (κ3) is 4.76. The summed E-state index contributed by atoms with van der Waals surface area (Å²) in [6.45, 7) is 4.36. The third-order valence-corrected chi connectivity index (χ3v) is 4.65. The smallest absolute Gasteiger partial charge is 0.230 e. The lowest BCUT2D eigenvalue weighted by Gasteiger charge is -2.02. The number of rotatable bonds is 7. The highest BCUT2D eigenvalue weighted by Gasteiger charge is 2.12. The van der Waals surface area contributed by atoms with Gasteiger partial charge in [-0.3, -0.25) is 4.79 Å². The topological polar surface area (TPSA) is 68.3 Å². The Kier molecular flexibility index (Phi) is 5.60. The predicted molar refractivity (Wildman–Crippen MR) is 98.1 cm³/mol. The molecule has 0 aliphatic carbocycles. The number of oxazole rings is 1. The molecule has 3 rings (SSSR count). The number of amides is 1. The predicted octanol–water partition coefficient (Wildman–Crippen LogP) is 4.10. The average molecular weight is 356 g/mol. The monoisotopic (exact) mass is 356 g/mol. The molecule has 0 spiro atoms. The molecule has 0 radical (unpaired) electrons. The minimum absolute atomic E-state index is 0.0266. The molecule has 130 valence electrons. The molecule has 0 aliphatic heterocycles. The van der Waals surface area contributed by atoms with Crippen LogP contribution in [0.25, 0.3) is 11.5 Å². The molecule has 2 heterocycles. The summed E-state index contributed by atoms with van der Waals surface area (Å²) in [5, 5.41) is 2.82. The molecule has 5 nitrogen and oxygen atoms in total. The number of aromatic nitrogens is 1. The van der Waals surface area contributed by atoms with Crippen LogP contribution in [0.4, 0.5) is 0 Å². The van der Waals surface area contributed by atoms with Gasteiger partial charge in [0.15, 0.2) is 0 Å². The SMILES string of the molecule is Cc1ccc(-c2nc(CSCC(=O)NCc3ccco3)c(C)o2)cc1. The molecule has 1 amide bonds. The quantitative estimate of drug-likeness (QED) is 0.690. The van der Waals surface area contributed by atoms with Gasteiger partial charge in [0.05, 0.1) is 24.3 Å². The van der Waals surface area contributed by atoms with E-state index in [1.54, 1.807) is 12.3 Å². The van der Waals surface area contributed by atoms with Crippen LogP contribution in [0, 0.1) is 13.8 Å². The Labute approximate surface area is 150 Å². The lowest BCUT2D eigenvalue weighted by molar-refractivity contribution is -0.118. The summed E-state index contributed by atoms with van der Waals surface area (Å²) in [7, 11) is 0. The van der Waals surface area contributed by atoms with E-state index in [-0.39, 0.29) is 5.91 Å². The van der Waals surface area contributed by atoms with E-state index in [0.717, 1.165) is 22.8 Å². The van der Waals surface area contributed by atoms with Gasteiger partial charge in [-0.2, -0.15) is 0 Å². The maximum atomic E-state index is 11.9. The molecule has 0 fully saturated rings. The maximum absolute atomic E-state index is 11.9. The number of nitrogens with zero attached hydrogens (tertiary/aromatic N) is 1. The van der Waals surface area contributed by atoms with Gasteiger partial charge in [-0.25, -0.2) is 4.98 Å². The van der Waals surface area contributed by atoms with Crippen molar-refractivity contribution < 1.29 is 13.6 Å². The minimum Gasteiger partial charge on any atom is -0.467 e. The standard InChI is InChI=1S/C19H20N2O3S/c1-13-5-7-15(8-6-13)19-21-17(14(2)24-19)11-25-12-18(22)20-10-16-4-3-9-23-16/h3-9H,10-12H2,1-2H3,(H,20,22). The van der Waals surface area contributed by atoms with E-state index < -0.39 is 0 Å². The van der Waals surface area contributed by atoms with E-state index >= 15 is 0 Å². The number of thioether (sulfide) groups is 1. The Morgan fingerprint density at radius 1 is 1.20 bits per heavy atom. The molecule has 1 N–H and O–H groups in total. The Morgan fingerprint density at radius 3 is 2.72 bits per heavy atom. The second kappa shape index (κ2) is 8.07. The second-order valence-electron chi connectivity index (χ2n) is 5.74. The van der Waals surface area contributed by atoms with Crippen molar-refractivity contribution in [2.24, 2.45) is 0 Å². The average Bonchev–Trinajstić information content (AvgIpc) is 3.24. The molecule has 3 aromatic rings. The van der Waals surface area contributed by atoms with Crippen LogP contribution < -0.4 is 5.32 Å². The zero-order valence-electron chi connectivity index (χ0n) is 14.2. The lowest BCUT2D eigenvalue weighted by atomic mass is 10.1. The summed E-state index contributed by atoms with van der Waals surface area (Å²) in [4.78, 5) is 16.4. The number of aryl methyl sites for hydroxylation is 2. The number of hydrogen-bond acceptors (Lipinski definition) is 5. The van der Waals surface area contributed by atoms with Crippen molar-refractivity contribution in [2.75, 3.05) is 5.75 Å². The molecule has 0 aliphatic rings. The van der Waals surface area contributed by atoms with Crippen LogP contribution in [-0.4, -0.2) is 16.6 Å². The molecule has 2 aromatic heterocycles. The largest absolute Gasteiger partial charge is 0.467 e. The molecular formula is C19H20N2O3S. The van der Waals surface area contributed by atoms with Gasteiger partial charge in [-0.05, 0) is 38.1 Å². The molecule has 6 heteroatoms. The molecular weight excluding hydrogens is 336 g/mol. The van der Waals surface area contributed by atoms with Crippen molar-refractivity contribution in [3.05, 3.63) is 65.4 Å². The van der Waals surface area contributed by atoms with Gasteiger partial charge >= 0.3 is 0 Å². The molecule has 1 aromatic carbocycles. The molecule has 25 heavy (non-hydrogen) atoms. The van der Waals surface area contributed by atoms with Crippen LogP contribution in [0.5, 0.6) is 0 Å². The maximum Gasteiger partial charge on any atom is 0.230 e. The van der Waals surface area contributed by atoms with Gasteiger partial charge in [0, 0.05) is 11.3 Å². The van der Waals surface area contributed by atoms with E-state index in [9.17, 15) is 4.79 Å². The van der Waals surface area contributed by atoms with Gasteiger partial charge in [0.2, 0.25) is 11.8 Å². The number of furan rings is 1. The Balaban J connectivity index is 1.49. The third-order valence-electron chi connectivity index (χ3n) is 3.70. The van der Waals surface area contributed by atoms with Gasteiger partial charge in [-0.15, -0.1) is 11.8 Å². The highest BCUT2D eigenvalue weighted by molar-refractivity contribution is 7.99. The zero-order valence-corrected chi connectivity index (χ0v) is 15.1. The highest BCUT2D eigenvalue weighted by Crippen LogP contribution is 2.24. The fourth-order valence-electron chi connectivity index (χ4n) is 2.27. The van der Waals surface area contributed by atoms with Gasteiger partial charge in [-0.1, -0.05) is 17.7 Å². The molecule has 0 saturated carbocycles. The lowest BCUT2D eigenvalue weighted by Crippen LogP contribution is -2.24. The fraction of sp³-hybridized carbons (Fsp3) is 0.263. The van der Waals surface area contributed by atoms with E-state index in [2.05, 4.69) is 10.3 Å². The molecule has 0 unspecified atom stereocenters. The number of benzene rings is 1. The van der Waals surface area contributed by atoms with Crippen molar-refractivity contribution >= 4 is 17.7 Å². The molecule has 0 atom stereocenters. The number of carbonyl (C=O) groups excluding carboxylic acids is 1. The van der Waals surface area contributed by atoms with Crippen LogP contribution in [0.3, 0.4) is 0 Å². The first kappa shape index (κ1) is 17.4. The van der Waals surface area contributed by atoms with Gasteiger partial charge < -0.3 is 14.2 Å². The Hall–Kier alpha value is -2.47. The van der Waals surface area contributed by atoms with Crippen LogP contribution in [0.1, 0.15) is 22.8 Å².